The molecule has 1 amide bonds. The fourth-order valence-electron chi connectivity index (χ4n) is 4.04. The van der Waals surface area contributed by atoms with Gasteiger partial charge in [-0.2, -0.15) is 0 Å². The minimum Gasteiger partial charge on any atom is -0.481 e. The molecule has 0 saturated carbocycles. The molecule has 1 aliphatic rings. The van der Waals surface area contributed by atoms with Crippen molar-refractivity contribution in [2.45, 2.75) is 32.1 Å². The van der Waals surface area contributed by atoms with Crippen molar-refractivity contribution in [2.75, 3.05) is 13.1 Å². The first kappa shape index (κ1) is 18.3. The zero-order valence-electron chi connectivity index (χ0n) is 16.1. The third-order valence-electron chi connectivity index (χ3n) is 5.98. The number of piperidine rings is 1. The highest BCUT2D eigenvalue weighted by Crippen LogP contribution is 2.36. The van der Waals surface area contributed by atoms with Gasteiger partial charge in [0.1, 0.15) is 5.58 Å². The van der Waals surface area contributed by atoms with Crippen LogP contribution in [0.5, 0.6) is 0 Å². The SMILES string of the molecule is Cc1cc2cc(C(=O)N3CCC(C(=O)O)(c4ccccc4)CC3)oc2cc1C. The summed E-state index contributed by atoms with van der Waals surface area (Å²) in [5.41, 5.74) is 2.82. The molecule has 1 aliphatic heterocycles. The number of carbonyl (C=O) groups is 2. The highest BCUT2D eigenvalue weighted by Gasteiger charge is 2.44. The molecule has 2 heterocycles. The van der Waals surface area contributed by atoms with Gasteiger partial charge in [-0.15, -0.1) is 0 Å². The van der Waals surface area contributed by atoms with Gasteiger partial charge in [-0.25, -0.2) is 0 Å². The number of rotatable bonds is 3. The Kier molecular flexibility index (Phi) is 4.46. The van der Waals surface area contributed by atoms with Gasteiger partial charge < -0.3 is 14.4 Å². The first-order valence-electron chi connectivity index (χ1n) is 9.50. The van der Waals surface area contributed by atoms with E-state index < -0.39 is 11.4 Å². The van der Waals surface area contributed by atoms with E-state index in [0.29, 0.717) is 37.3 Å². The monoisotopic (exact) mass is 377 g/mol. The summed E-state index contributed by atoms with van der Waals surface area (Å²) in [6, 6.07) is 15.1. The van der Waals surface area contributed by atoms with Crippen molar-refractivity contribution in [1.29, 1.82) is 0 Å². The van der Waals surface area contributed by atoms with Crippen molar-refractivity contribution >= 4 is 22.8 Å². The number of likely N-dealkylation sites (tertiary alicyclic amines) is 1. The highest BCUT2D eigenvalue weighted by molar-refractivity contribution is 5.96. The third-order valence-corrected chi connectivity index (χ3v) is 5.98. The zero-order chi connectivity index (χ0) is 19.9. The van der Waals surface area contributed by atoms with E-state index in [9.17, 15) is 14.7 Å². The number of fused-ring (bicyclic) bond motifs is 1. The van der Waals surface area contributed by atoms with E-state index in [-0.39, 0.29) is 5.91 Å². The second kappa shape index (κ2) is 6.82. The van der Waals surface area contributed by atoms with Crippen LogP contribution >= 0.6 is 0 Å². The van der Waals surface area contributed by atoms with Crippen LogP contribution in [0.15, 0.2) is 52.9 Å². The number of furan rings is 1. The number of amides is 1. The van der Waals surface area contributed by atoms with Gasteiger partial charge in [0, 0.05) is 18.5 Å². The van der Waals surface area contributed by atoms with Gasteiger partial charge >= 0.3 is 5.97 Å². The molecule has 2 aromatic carbocycles. The summed E-state index contributed by atoms with van der Waals surface area (Å²) in [6.07, 6.45) is 0.771. The maximum Gasteiger partial charge on any atom is 0.314 e. The summed E-state index contributed by atoms with van der Waals surface area (Å²) < 4.78 is 5.80. The molecule has 1 saturated heterocycles. The molecule has 0 spiro atoms. The molecular weight excluding hydrogens is 354 g/mol. The Morgan fingerprint density at radius 1 is 1.00 bits per heavy atom. The number of hydrogen-bond acceptors (Lipinski definition) is 3. The first-order valence-corrected chi connectivity index (χ1v) is 9.50. The van der Waals surface area contributed by atoms with E-state index >= 15 is 0 Å². The van der Waals surface area contributed by atoms with Crippen LogP contribution in [0, 0.1) is 13.8 Å². The number of carbonyl (C=O) groups excluding carboxylic acids is 1. The number of aryl methyl sites for hydroxylation is 2. The second-order valence-electron chi connectivity index (χ2n) is 7.63. The summed E-state index contributed by atoms with van der Waals surface area (Å²) in [5, 5.41) is 10.8. The molecule has 1 fully saturated rings. The van der Waals surface area contributed by atoms with Gasteiger partial charge in [0.15, 0.2) is 5.76 Å². The lowest BCUT2D eigenvalue weighted by Crippen LogP contribution is -2.49. The Bertz CT molecular complexity index is 1000. The number of benzene rings is 2. The smallest absolute Gasteiger partial charge is 0.314 e. The van der Waals surface area contributed by atoms with Crippen molar-refractivity contribution in [3.05, 3.63) is 71.0 Å². The Labute approximate surface area is 163 Å². The van der Waals surface area contributed by atoms with Crippen LogP contribution in [0.2, 0.25) is 0 Å². The van der Waals surface area contributed by atoms with E-state index in [1.807, 2.05) is 56.3 Å². The van der Waals surface area contributed by atoms with E-state index in [4.69, 9.17) is 4.42 Å². The summed E-state index contributed by atoms with van der Waals surface area (Å²) in [6.45, 7) is 4.81. The molecule has 4 rings (SSSR count). The third kappa shape index (κ3) is 2.97. The van der Waals surface area contributed by atoms with Crippen LogP contribution in [0.25, 0.3) is 11.0 Å². The molecule has 0 aliphatic carbocycles. The van der Waals surface area contributed by atoms with Crippen molar-refractivity contribution in [3.8, 4) is 0 Å². The largest absolute Gasteiger partial charge is 0.481 e. The van der Waals surface area contributed by atoms with E-state index in [0.717, 1.165) is 22.1 Å². The second-order valence-corrected chi connectivity index (χ2v) is 7.63. The molecule has 0 bridgehead atoms. The van der Waals surface area contributed by atoms with E-state index in [1.165, 1.54) is 0 Å². The average molecular weight is 377 g/mol. The summed E-state index contributed by atoms with van der Waals surface area (Å²) >= 11 is 0. The van der Waals surface area contributed by atoms with Crippen LogP contribution < -0.4 is 0 Å². The Balaban J connectivity index is 1.56. The van der Waals surface area contributed by atoms with Gasteiger partial charge in [0.2, 0.25) is 0 Å². The number of aliphatic carboxylic acids is 1. The lowest BCUT2D eigenvalue weighted by atomic mass is 9.73. The topological polar surface area (TPSA) is 70.8 Å². The van der Waals surface area contributed by atoms with Gasteiger partial charge in [-0.1, -0.05) is 30.3 Å². The van der Waals surface area contributed by atoms with Gasteiger partial charge in [-0.3, -0.25) is 9.59 Å². The van der Waals surface area contributed by atoms with Crippen LogP contribution in [0.4, 0.5) is 0 Å². The molecule has 144 valence electrons. The van der Waals surface area contributed by atoms with Crippen LogP contribution in [-0.2, 0) is 10.2 Å². The quantitative estimate of drug-likeness (QED) is 0.738. The molecular formula is C23H23NO4. The standard InChI is InChI=1S/C23H23NO4/c1-15-12-17-14-20(28-19(17)13-16(15)2)21(25)24-10-8-23(9-11-24,22(26)27)18-6-4-3-5-7-18/h3-7,12-14H,8-11H2,1-2H3,(H,26,27). The minimum atomic E-state index is -0.944. The number of nitrogens with zero attached hydrogens (tertiary/aromatic N) is 1. The summed E-state index contributed by atoms with van der Waals surface area (Å²) in [4.78, 5) is 26.7. The summed E-state index contributed by atoms with van der Waals surface area (Å²) in [5.74, 6) is -0.707. The normalized spacial score (nSPS) is 16.3. The molecule has 0 unspecified atom stereocenters. The lowest BCUT2D eigenvalue weighted by Gasteiger charge is -2.38. The van der Waals surface area contributed by atoms with Crippen molar-refractivity contribution in [2.24, 2.45) is 0 Å². The Hall–Kier alpha value is -3.08. The molecule has 28 heavy (non-hydrogen) atoms. The van der Waals surface area contributed by atoms with Crippen LogP contribution in [0.3, 0.4) is 0 Å². The van der Waals surface area contributed by atoms with Crippen LogP contribution in [0.1, 0.15) is 40.1 Å². The molecule has 1 N–H and O–H groups in total. The van der Waals surface area contributed by atoms with Gasteiger partial charge in [0.25, 0.3) is 5.91 Å². The van der Waals surface area contributed by atoms with Crippen LogP contribution in [-0.4, -0.2) is 35.0 Å². The molecule has 0 atom stereocenters. The first-order chi connectivity index (χ1) is 13.4. The number of carboxylic acid groups (broad SMARTS) is 1. The Morgan fingerprint density at radius 2 is 1.64 bits per heavy atom. The lowest BCUT2D eigenvalue weighted by molar-refractivity contribution is -0.145. The maximum atomic E-state index is 12.9. The fourth-order valence-corrected chi connectivity index (χ4v) is 4.04. The number of hydrogen-bond donors (Lipinski definition) is 1. The zero-order valence-corrected chi connectivity index (χ0v) is 16.1. The molecule has 5 nitrogen and oxygen atoms in total. The predicted octanol–water partition coefficient (Wildman–Crippen LogP) is 4.31. The van der Waals surface area contributed by atoms with Gasteiger partial charge in [0.05, 0.1) is 5.41 Å². The Morgan fingerprint density at radius 3 is 2.29 bits per heavy atom. The van der Waals surface area contributed by atoms with Gasteiger partial charge in [-0.05, 0) is 61.6 Å². The summed E-state index contributed by atoms with van der Waals surface area (Å²) in [7, 11) is 0. The van der Waals surface area contributed by atoms with Crippen molar-refractivity contribution in [3.63, 3.8) is 0 Å². The number of carboxylic acids is 1. The fraction of sp³-hybridized carbons (Fsp3) is 0.304. The molecule has 1 aromatic heterocycles. The van der Waals surface area contributed by atoms with E-state index in [1.54, 1.807) is 11.0 Å². The predicted molar refractivity (Wildman–Crippen MR) is 107 cm³/mol. The minimum absolute atomic E-state index is 0.182. The average Bonchev–Trinajstić information content (AvgIpc) is 3.11. The highest BCUT2D eigenvalue weighted by atomic mass is 16.4. The van der Waals surface area contributed by atoms with Crippen molar-refractivity contribution < 1.29 is 19.1 Å². The molecule has 3 aromatic rings. The molecule has 5 heteroatoms. The maximum absolute atomic E-state index is 12.9. The van der Waals surface area contributed by atoms with E-state index in [2.05, 4.69) is 0 Å². The molecule has 0 radical (unpaired) electrons. The van der Waals surface area contributed by atoms with Crippen molar-refractivity contribution in [1.82, 2.24) is 4.90 Å².